The van der Waals surface area contributed by atoms with Crippen molar-refractivity contribution in [3.05, 3.63) is 0 Å². The van der Waals surface area contributed by atoms with Crippen molar-refractivity contribution in [2.45, 2.75) is 51.0 Å². The summed E-state index contributed by atoms with van der Waals surface area (Å²) in [6.07, 6.45) is 2.17. The van der Waals surface area contributed by atoms with Gasteiger partial charge in [0.25, 0.3) is 0 Å². The van der Waals surface area contributed by atoms with Crippen molar-refractivity contribution in [1.29, 1.82) is 0 Å². The normalized spacial score (nSPS) is 27.1. The summed E-state index contributed by atoms with van der Waals surface area (Å²) in [6, 6.07) is 0. The van der Waals surface area contributed by atoms with Crippen LogP contribution in [0.2, 0.25) is 0 Å². The molecule has 0 saturated carbocycles. The van der Waals surface area contributed by atoms with Gasteiger partial charge >= 0.3 is 6.09 Å². The third kappa shape index (κ3) is 4.77. The molecule has 0 aromatic heterocycles. The molecular formula is C15H25ClN2O3. The van der Waals surface area contributed by atoms with Crippen LogP contribution in [0.1, 0.15) is 40.0 Å². The molecule has 2 heterocycles. The van der Waals surface area contributed by atoms with E-state index in [1.807, 2.05) is 25.7 Å². The van der Waals surface area contributed by atoms with Gasteiger partial charge in [0.15, 0.2) is 0 Å². The van der Waals surface area contributed by atoms with E-state index in [1.165, 1.54) is 0 Å². The Bertz CT molecular complexity index is 408. The van der Waals surface area contributed by atoms with Crippen molar-refractivity contribution in [3.8, 4) is 0 Å². The number of nitrogens with zero attached hydrogens (tertiary/aromatic N) is 2. The van der Waals surface area contributed by atoms with Gasteiger partial charge in [-0.25, -0.2) is 4.79 Å². The molecule has 0 aliphatic carbocycles. The van der Waals surface area contributed by atoms with E-state index in [4.69, 9.17) is 16.3 Å². The lowest BCUT2D eigenvalue weighted by atomic mass is 9.98. The SMILES string of the molecule is CC(C)(C)OC(=O)N1CCCC(CN2CC(Cl)CC2=O)C1. The number of halogens is 1. The van der Waals surface area contributed by atoms with Gasteiger partial charge in [0.2, 0.25) is 5.91 Å². The molecule has 21 heavy (non-hydrogen) atoms. The molecule has 120 valence electrons. The summed E-state index contributed by atoms with van der Waals surface area (Å²) >= 11 is 6.02. The van der Waals surface area contributed by atoms with Crippen LogP contribution in [0.3, 0.4) is 0 Å². The lowest BCUT2D eigenvalue weighted by molar-refractivity contribution is -0.128. The summed E-state index contributed by atoms with van der Waals surface area (Å²) in [5.41, 5.74) is -0.471. The molecule has 0 spiro atoms. The summed E-state index contributed by atoms with van der Waals surface area (Å²) in [6.45, 7) is 8.33. The predicted octanol–water partition coefficient (Wildman–Crippen LogP) is 2.47. The summed E-state index contributed by atoms with van der Waals surface area (Å²) < 4.78 is 5.42. The molecule has 0 radical (unpaired) electrons. The van der Waals surface area contributed by atoms with Gasteiger partial charge in [0.05, 0.1) is 5.38 Å². The monoisotopic (exact) mass is 316 g/mol. The van der Waals surface area contributed by atoms with E-state index < -0.39 is 5.60 Å². The molecule has 2 aliphatic heterocycles. The van der Waals surface area contributed by atoms with E-state index in [0.717, 1.165) is 19.4 Å². The first-order valence-corrected chi connectivity index (χ1v) is 8.08. The molecule has 0 bridgehead atoms. The first kappa shape index (κ1) is 16.4. The van der Waals surface area contributed by atoms with Gasteiger partial charge in [-0.1, -0.05) is 0 Å². The Balaban J connectivity index is 1.86. The van der Waals surface area contributed by atoms with Gasteiger partial charge in [0, 0.05) is 32.6 Å². The topological polar surface area (TPSA) is 49.9 Å². The van der Waals surface area contributed by atoms with Crippen LogP contribution in [0.15, 0.2) is 0 Å². The highest BCUT2D eigenvalue weighted by Gasteiger charge is 2.33. The summed E-state index contributed by atoms with van der Waals surface area (Å²) in [5.74, 6) is 0.446. The molecule has 2 rings (SSSR count). The van der Waals surface area contributed by atoms with Gasteiger partial charge in [-0.2, -0.15) is 0 Å². The van der Waals surface area contributed by atoms with Gasteiger partial charge in [0.1, 0.15) is 5.60 Å². The van der Waals surface area contributed by atoms with E-state index in [-0.39, 0.29) is 17.4 Å². The molecular weight excluding hydrogens is 292 g/mol. The van der Waals surface area contributed by atoms with Crippen molar-refractivity contribution in [1.82, 2.24) is 9.80 Å². The quantitative estimate of drug-likeness (QED) is 0.735. The van der Waals surface area contributed by atoms with Crippen molar-refractivity contribution >= 4 is 23.6 Å². The number of rotatable bonds is 2. The molecule has 2 fully saturated rings. The molecule has 0 N–H and O–H groups in total. The van der Waals surface area contributed by atoms with Crippen LogP contribution >= 0.6 is 11.6 Å². The Morgan fingerprint density at radius 3 is 2.67 bits per heavy atom. The second kappa shape index (κ2) is 6.42. The van der Waals surface area contributed by atoms with Gasteiger partial charge in [-0.05, 0) is 39.5 Å². The standard InChI is InChI=1S/C15H25ClN2O3/c1-15(2,3)21-14(20)17-6-4-5-11(8-17)9-18-10-12(16)7-13(18)19/h11-12H,4-10H2,1-3H3. The summed E-state index contributed by atoms with van der Waals surface area (Å²) in [5, 5.41) is -0.0666. The second-order valence-corrected chi connectivity index (χ2v) is 7.65. The Hall–Kier alpha value is -0.970. The Morgan fingerprint density at radius 1 is 1.38 bits per heavy atom. The molecule has 5 nitrogen and oxygen atoms in total. The van der Waals surface area contributed by atoms with E-state index in [0.29, 0.717) is 32.0 Å². The first-order valence-electron chi connectivity index (χ1n) is 7.64. The molecule has 2 atom stereocenters. The Labute approximate surface area is 131 Å². The average Bonchev–Trinajstić information content (AvgIpc) is 2.66. The highest BCUT2D eigenvalue weighted by Crippen LogP contribution is 2.23. The zero-order valence-electron chi connectivity index (χ0n) is 13.1. The third-order valence-electron chi connectivity index (χ3n) is 3.82. The van der Waals surface area contributed by atoms with Crippen LogP contribution in [0.4, 0.5) is 4.79 Å². The second-order valence-electron chi connectivity index (χ2n) is 7.03. The maximum atomic E-state index is 12.1. The average molecular weight is 317 g/mol. The minimum atomic E-state index is -0.471. The molecule has 2 amide bonds. The van der Waals surface area contributed by atoms with Crippen molar-refractivity contribution in [2.24, 2.45) is 5.92 Å². The smallest absolute Gasteiger partial charge is 0.410 e. The zero-order chi connectivity index (χ0) is 15.6. The molecule has 6 heteroatoms. The fraction of sp³-hybridized carbons (Fsp3) is 0.867. The highest BCUT2D eigenvalue weighted by molar-refractivity contribution is 6.22. The largest absolute Gasteiger partial charge is 0.444 e. The predicted molar refractivity (Wildman–Crippen MR) is 81.4 cm³/mol. The van der Waals surface area contributed by atoms with Crippen molar-refractivity contribution < 1.29 is 14.3 Å². The number of amides is 2. The van der Waals surface area contributed by atoms with Gasteiger partial charge in [-0.3, -0.25) is 4.79 Å². The number of carbonyl (C=O) groups excluding carboxylic acids is 2. The molecule has 2 saturated heterocycles. The molecule has 2 aliphatic rings. The van der Waals surface area contributed by atoms with Crippen molar-refractivity contribution in [3.63, 3.8) is 0 Å². The highest BCUT2D eigenvalue weighted by atomic mass is 35.5. The number of piperidine rings is 1. The molecule has 2 unspecified atom stereocenters. The van der Waals surface area contributed by atoms with Crippen LogP contribution in [-0.2, 0) is 9.53 Å². The third-order valence-corrected chi connectivity index (χ3v) is 4.11. The van der Waals surface area contributed by atoms with Crippen LogP contribution in [0.25, 0.3) is 0 Å². The van der Waals surface area contributed by atoms with Crippen LogP contribution in [0.5, 0.6) is 0 Å². The lowest BCUT2D eigenvalue weighted by Crippen LogP contribution is -2.45. The van der Waals surface area contributed by atoms with Gasteiger partial charge < -0.3 is 14.5 Å². The summed E-state index contributed by atoms with van der Waals surface area (Å²) in [4.78, 5) is 27.5. The number of carbonyl (C=O) groups is 2. The minimum absolute atomic E-state index is 0.0666. The maximum Gasteiger partial charge on any atom is 0.410 e. The summed E-state index contributed by atoms with van der Waals surface area (Å²) in [7, 11) is 0. The van der Waals surface area contributed by atoms with Crippen LogP contribution < -0.4 is 0 Å². The van der Waals surface area contributed by atoms with Crippen LogP contribution in [-0.4, -0.2) is 59.0 Å². The van der Waals surface area contributed by atoms with Gasteiger partial charge in [-0.15, -0.1) is 11.6 Å². The molecule has 0 aromatic rings. The fourth-order valence-corrected chi connectivity index (χ4v) is 3.22. The Kier molecular flexibility index (Phi) is 5.02. The van der Waals surface area contributed by atoms with E-state index in [2.05, 4.69) is 0 Å². The minimum Gasteiger partial charge on any atom is -0.444 e. The number of likely N-dealkylation sites (tertiary alicyclic amines) is 2. The number of alkyl halides is 1. The lowest BCUT2D eigenvalue weighted by Gasteiger charge is -2.35. The van der Waals surface area contributed by atoms with E-state index in [1.54, 1.807) is 4.90 Å². The number of hydrogen-bond donors (Lipinski definition) is 0. The maximum absolute atomic E-state index is 12.1. The number of ether oxygens (including phenoxy) is 1. The van der Waals surface area contributed by atoms with E-state index >= 15 is 0 Å². The fourth-order valence-electron chi connectivity index (χ4n) is 2.92. The molecule has 0 aromatic carbocycles. The van der Waals surface area contributed by atoms with Crippen LogP contribution in [0, 0.1) is 5.92 Å². The van der Waals surface area contributed by atoms with Crippen molar-refractivity contribution in [2.75, 3.05) is 26.2 Å². The zero-order valence-corrected chi connectivity index (χ0v) is 13.9. The van der Waals surface area contributed by atoms with E-state index in [9.17, 15) is 9.59 Å². The number of hydrogen-bond acceptors (Lipinski definition) is 3. The Morgan fingerprint density at radius 2 is 2.10 bits per heavy atom. The first-order chi connectivity index (χ1) is 9.74.